The van der Waals surface area contributed by atoms with Crippen LogP contribution in [0.25, 0.3) is 0 Å². The molecule has 2 saturated heterocycles. The zero-order valence-corrected chi connectivity index (χ0v) is 13.5. The Hall–Kier alpha value is -2.04. The van der Waals surface area contributed by atoms with Crippen molar-refractivity contribution in [2.75, 3.05) is 38.6 Å². The number of anilines is 1. The Kier molecular flexibility index (Phi) is 3.59. The molecule has 1 aromatic carbocycles. The van der Waals surface area contributed by atoms with Crippen LogP contribution >= 0.6 is 0 Å². The molecule has 118 valence electrons. The van der Waals surface area contributed by atoms with Crippen LogP contribution in [0.15, 0.2) is 24.3 Å². The number of amides is 3. The minimum absolute atomic E-state index is 0.0399. The van der Waals surface area contributed by atoms with Crippen LogP contribution in [0.5, 0.6) is 0 Å². The fourth-order valence-electron chi connectivity index (χ4n) is 3.51. The summed E-state index contributed by atoms with van der Waals surface area (Å²) >= 11 is 0. The van der Waals surface area contributed by atoms with Gasteiger partial charge in [0.05, 0.1) is 0 Å². The summed E-state index contributed by atoms with van der Waals surface area (Å²) in [5, 5.41) is 0. The Morgan fingerprint density at radius 2 is 1.86 bits per heavy atom. The van der Waals surface area contributed by atoms with Gasteiger partial charge in [-0.05, 0) is 25.5 Å². The van der Waals surface area contributed by atoms with Gasteiger partial charge in [-0.3, -0.25) is 4.79 Å². The maximum atomic E-state index is 12.4. The molecule has 0 N–H and O–H groups in total. The second kappa shape index (κ2) is 5.30. The molecule has 2 heterocycles. The van der Waals surface area contributed by atoms with Crippen LogP contribution in [0.3, 0.4) is 0 Å². The first-order chi connectivity index (χ1) is 10.4. The monoisotopic (exact) mass is 301 g/mol. The SMILES string of the molecule is Cc1ccc(N2CC3(CCN(C(=O)N(C)C)C3)CC2=O)cc1. The predicted molar refractivity (Wildman–Crippen MR) is 85.9 cm³/mol. The smallest absolute Gasteiger partial charge is 0.319 e. The number of carbonyl (C=O) groups is 2. The summed E-state index contributed by atoms with van der Waals surface area (Å²) in [7, 11) is 3.54. The highest BCUT2D eigenvalue weighted by Gasteiger charge is 2.48. The molecule has 5 heteroatoms. The molecular formula is C17H23N3O2. The normalized spacial score (nSPS) is 24.4. The summed E-state index contributed by atoms with van der Waals surface area (Å²) in [5.41, 5.74) is 2.08. The van der Waals surface area contributed by atoms with Gasteiger partial charge in [0.25, 0.3) is 0 Å². The summed E-state index contributed by atoms with van der Waals surface area (Å²) in [5.74, 6) is 0.169. The molecular weight excluding hydrogens is 278 g/mol. The molecule has 0 aromatic heterocycles. The molecule has 2 aliphatic rings. The summed E-state index contributed by atoms with van der Waals surface area (Å²) in [6.07, 6.45) is 1.44. The van der Waals surface area contributed by atoms with E-state index < -0.39 is 0 Å². The highest BCUT2D eigenvalue weighted by Crippen LogP contribution is 2.42. The van der Waals surface area contributed by atoms with E-state index in [0.717, 1.165) is 18.7 Å². The van der Waals surface area contributed by atoms with E-state index in [1.165, 1.54) is 5.56 Å². The van der Waals surface area contributed by atoms with E-state index in [4.69, 9.17) is 0 Å². The first kappa shape index (κ1) is 14.9. The first-order valence-corrected chi connectivity index (χ1v) is 7.73. The molecule has 0 radical (unpaired) electrons. The fraction of sp³-hybridized carbons (Fsp3) is 0.529. The standard InChI is InChI=1S/C17H23N3O2/c1-13-4-6-14(7-5-13)20-12-17(10-15(20)21)8-9-19(11-17)16(22)18(2)3/h4-7H,8-12H2,1-3H3. The lowest BCUT2D eigenvalue weighted by atomic mass is 9.86. The van der Waals surface area contributed by atoms with Gasteiger partial charge >= 0.3 is 6.03 Å². The largest absolute Gasteiger partial charge is 0.331 e. The molecule has 3 rings (SSSR count). The van der Waals surface area contributed by atoms with Crippen molar-refractivity contribution < 1.29 is 9.59 Å². The van der Waals surface area contributed by atoms with Gasteiger partial charge in [0.2, 0.25) is 5.91 Å². The van der Waals surface area contributed by atoms with Crippen molar-refractivity contribution in [3.8, 4) is 0 Å². The predicted octanol–water partition coefficient (Wildman–Crippen LogP) is 2.11. The van der Waals surface area contributed by atoms with E-state index >= 15 is 0 Å². The number of likely N-dealkylation sites (tertiary alicyclic amines) is 1. The number of hydrogen-bond acceptors (Lipinski definition) is 2. The van der Waals surface area contributed by atoms with Crippen molar-refractivity contribution in [3.05, 3.63) is 29.8 Å². The lowest BCUT2D eigenvalue weighted by Gasteiger charge is -2.25. The third-order valence-corrected chi connectivity index (χ3v) is 4.76. The second-order valence-corrected chi connectivity index (χ2v) is 6.84. The molecule has 1 unspecified atom stereocenters. The van der Waals surface area contributed by atoms with E-state index in [-0.39, 0.29) is 17.4 Å². The van der Waals surface area contributed by atoms with Crippen LogP contribution in [0, 0.1) is 12.3 Å². The molecule has 2 fully saturated rings. The van der Waals surface area contributed by atoms with E-state index in [2.05, 4.69) is 0 Å². The van der Waals surface area contributed by atoms with E-state index in [9.17, 15) is 9.59 Å². The average Bonchev–Trinajstić information content (AvgIpc) is 3.03. The third-order valence-electron chi connectivity index (χ3n) is 4.76. The second-order valence-electron chi connectivity index (χ2n) is 6.84. The molecule has 2 aliphatic heterocycles. The van der Waals surface area contributed by atoms with Crippen molar-refractivity contribution >= 4 is 17.6 Å². The number of aryl methyl sites for hydroxylation is 1. The number of urea groups is 1. The van der Waals surface area contributed by atoms with Crippen molar-refractivity contribution in [2.45, 2.75) is 19.8 Å². The molecule has 0 bridgehead atoms. The quantitative estimate of drug-likeness (QED) is 0.797. The number of hydrogen-bond donors (Lipinski definition) is 0. The Balaban J connectivity index is 1.75. The first-order valence-electron chi connectivity index (χ1n) is 7.73. The van der Waals surface area contributed by atoms with Crippen LogP contribution in [-0.2, 0) is 4.79 Å². The lowest BCUT2D eigenvalue weighted by Crippen LogP contribution is -2.39. The minimum atomic E-state index is -0.0758. The van der Waals surface area contributed by atoms with Crippen LogP contribution in [-0.4, -0.2) is 55.5 Å². The summed E-state index contributed by atoms with van der Waals surface area (Å²) in [6.45, 7) is 4.18. The van der Waals surface area contributed by atoms with Gasteiger partial charge < -0.3 is 14.7 Å². The van der Waals surface area contributed by atoms with Gasteiger partial charge in [-0.1, -0.05) is 17.7 Å². The highest BCUT2D eigenvalue weighted by molar-refractivity contribution is 5.96. The van der Waals surface area contributed by atoms with E-state index in [0.29, 0.717) is 19.5 Å². The van der Waals surface area contributed by atoms with Crippen molar-refractivity contribution in [1.82, 2.24) is 9.80 Å². The van der Waals surface area contributed by atoms with Crippen LogP contribution in [0.1, 0.15) is 18.4 Å². The number of carbonyl (C=O) groups excluding carboxylic acids is 2. The zero-order valence-electron chi connectivity index (χ0n) is 13.5. The Labute approximate surface area is 131 Å². The number of rotatable bonds is 1. The maximum Gasteiger partial charge on any atom is 0.319 e. The zero-order chi connectivity index (χ0) is 15.9. The molecule has 1 spiro atoms. The molecule has 1 atom stereocenters. The molecule has 22 heavy (non-hydrogen) atoms. The van der Waals surface area contributed by atoms with Crippen LogP contribution < -0.4 is 4.90 Å². The van der Waals surface area contributed by atoms with Gasteiger partial charge in [-0.2, -0.15) is 0 Å². The van der Waals surface area contributed by atoms with Gasteiger partial charge in [0, 0.05) is 51.3 Å². The van der Waals surface area contributed by atoms with Gasteiger partial charge in [0.1, 0.15) is 0 Å². The van der Waals surface area contributed by atoms with E-state index in [1.54, 1.807) is 19.0 Å². The summed E-state index contributed by atoms with van der Waals surface area (Å²) in [4.78, 5) is 29.9. The Morgan fingerprint density at radius 1 is 1.18 bits per heavy atom. The van der Waals surface area contributed by atoms with E-state index in [1.807, 2.05) is 41.0 Å². The third kappa shape index (κ3) is 2.56. The molecule has 5 nitrogen and oxygen atoms in total. The maximum absolute atomic E-state index is 12.4. The molecule has 3 amide bonds. The Bertz CT molecular complexity index is 596. The Morgan fingerprint density at radius 3 is 2.50 bits per heavy atom. The molecule has 0 aliphatic carbocycles. The van der Waals surface area contributed by atoms with Gasteiger partial charge in [0.15, 0.2) is 0 Å². The lowest BCUT2D eigenvalue weighted by molar-refractivity contribution is -0.117. The summed E-state index contributed by atoms with van der Waals surface area (Å²) in [6, 6.07) is 8.11. The van der Waals surface area contributed by atoms with Crippen molar-refractivity contribution in [3.63, 3.8) is 0 Å². The fourth-order valence-corrected chi connectivity index (χ4v) is 3.51. The van der Waals surface area contributed by atoms with Gasteiger partial charge in [-0.25, -0.2) is 4.79 Å². The highest BCUT2D eigenvalue weighted by atomic mass is 16.2. The average molecular weight is 301 g/mol. The number of nitrogens with zero attached hydrogens (tertiary/aromatic N) is 3. The number of benzene rings is 1. The minimum Gasteiger partial charge on any atom is -0.331 e. The molecule has 1 aromatic rings. The van der Waals surface area contributed by atoms with Crippen LogP contribution in [0.2, 0.25) is 0 Å². The van der Waals surface area contributed by atoms with Gasteiger partial charge in [-0.15, -0.1) is 0 Å². The topological polar surface area (TPSA) is 43.9 Å². The van der Waals surface area contributed by atoms with Crippen LogP contribution in [0.4, 0.5) is 10.5 Å². The van der Waals surface area contributed by atoms with Crippen molar-refractivity contribution in [1.29, 1.82) is 0 Å². The molecule has 0 saturated carbocycles. The summed E-state index contributed by atoms with van der Waals surface area (Å²) < 4.78 is 0. The van der Waals surface area contributed by atoms with Crippen molar-refractivity contribution in [2.24, 2.45) is 5.41 Å².